The first-order valence-electron chi connectivity index (χ1n) is 3.99. The molecule has 0 heterocycles. The smallest absolute Gasteiger partial charge is 0.106 e. The quantitative estimate of drug-likeness (QED) is 0.446. The first kappa shape index (κ1) is 10.3. The molecule has 0 aromatic heterocycles. The van der Waals surface area contributed by atoms with Crippen LogP contribution < -0.4 is 0 Å². The summed E-state index contributed by atoms with van der Waals surface area (Å²) in [7, 11) is 0. The summed E-state index contributed by atoms with van der Waals surface area (Å²) in [5.74, 6) is 1.39. The van der Waals surface area contributed by atoms with Gasteiger partial charge in [-0.3, -0.25) is 0 Å². The minimum absolute atomic E-state index is 0.615. The second-order valence-electron chi connectivity index (χ2n) is 3.12. The lowest BCUT2D eigenvalue weighted by Gasteiger charge is -2.05. The van der Waals surface area contributed by atoms with E-state index in [-0.39, 0.29) is 0 Å². The summed E-state index contributed by atoms with van der Waals surface area (Å²) in [5.41, 5.74) is 1.37. The number of hydrogen-bond donors (Lipinski definition) is 0. The molecule has 0 amide bonds. The molecule has 0 radical (unpaired) electrons. The van der Waals surface area contributed by atoms with Crippen LogP contribution in [-0.2, 0) is 4.74 Å². The summed E-state index contributed by atoms with van der Waals surface area (Å²) in [6.45, 7) is 12.6. The maximum Gasteiger partial charge on any atom is 0.106 e. The second-order valence-corrected chi connectivity index (χ2v) is 3.12. The fraction of sp³-hybridized carbons (Fsp3) is 0.600. The van der Waals surface area contributed by atoms with Crippen molar-refractivity contribution in [3.05, 3.63) is 24.0 Å². The molecule has 0 saturated heterocycles. The van der Waals surface area contributed by atoms with Crippen LogP contribution in [0.2, 0.25) is 0 Å². The van der Waals surface area contributed by atoms with Crippen LogP contribution in [0.25, 0.3) is 0 Å². The van der Waals surface area contributed by atoms with E-state index in [1.807, 2.05) is 6.92 Å². The molecule has 0 fully saturated rings. The summed E-state index contributed by atoms with van der Waals surface area (Å²) in [4.78, 5) is 0. The molecular formula is C10H18O. The third-order valence-corrected chi connectivity index (χ3v) is 1.65. The molecule has 0 spiro atoms. The molecular weight excluding hydrogens is 136 g/mol. The highest BCUT2D eigenvalue weighted by atomic mass is 16.5. The number of ether oxygens (including phenoxy) is 1. The van der Waals surface area contributed by atoms with Crippen LogP contribution >= 0.6 is 0 Å². The Morgan fingerprint density at radius 2 is 2.00 bits per heavy atom. The lowest BCUT2D eigenvalue weighted by Crippen LogP contribution is -1.93. The van der Waals surface area contributed by atoms with Crippen LogP contribution in [0.1, 0.15) is 27.7 Å². The van der Waals surface area contributed by atoms with E-state index in [2.05, 4.69) is 33.4 Å². The highest BCUT2D eigenvalue weighted by molar-refractivity contribution is 5.01. The van der Waals surface area contributed by atoms with Crippen LogP contribution in [0.15, 0.2) is 24.0 Å². The van der Waals surface area contributed by atoms with Gasteiger partial charge in [-0.25, -0.2) is 0 Å². The molecule has 0 rings (SSSR count). The predicted molar refractivity (Wildman–Crippen MR) is 49.4 cm³/mol. The summed E-state index contributed by atoms with van der Waals surface area (Å²) in [6.07, 6.45) is 2.10. The molecule has 1 nitrogen and oxygen atoms in total. The van der Waals surface area contributed by atoms with Crippen molar-refractivity contribution in [1.29, 1.82) is 0 Å². The minimum Gasteiger partial charge on any atom is -0.495 e. The van der Waals surface area contributed by atoms with Gasteiger partial charge in [0.05, 0.1) is 5.76 Å². The van der Waals surface area contributed by atoms with Gasteiger partial charge in [0.15, 0.2) is 0 Å². The molecule has 0 atom stereocenters. The largest absolute Gasteiger partial charge is 0.495 e. The molecule has 0 saturated carbocycles. The highest BCUT2D eigenvalue weighted by Gasteiger charge is 1.94. The van der Waals surface area contributed by atoms with E-state index >= 15 is 0 Å². The Bertz CT molecular complexity index is 154. The van der Waals surface area contributed by atoms with Crippen LogP contribution in [0, 0.1) is 5.92 Å². The van der Waals surface area contributed by atoms with Gasteiger partial charge in [0.25, 0.3) is 0 Å². The van der Waals surface area contributed by atoms with Crippen molar-refractivity contribution >= 4 is 0 Å². The van der Waals surface area contributed by atoms with E-state index in [9.17, 15) is 0 Å². The van der Waals surface area contributed by atoms with Crippen molar-refractivity contribution in [3.8, 4) is 0 Å². The zero-order valence-corrected chi connectivity index (χ0v) is 7.98. The first-order valence-corrected chi connectivity index (χ1v) is 3.99. The van der Waals surface area contributed by atoms with E-state index < -0.39 is 0 Å². The van der Waals surface area contributed by atoms with Crippen molar-refractivity contribution in [2.24, 2.45) is 5.92 Å². The van der Waals surface area contributed by atoms with Gasteiger partial charge in [-0.1, -0.05) is 26.0 Å². The molecule has 0 aliphatic rings. The normalized spacial score (nSPS) is 11.9. The maximum absolute atomic E-state index is 5.19. The Kier molecular flexibility index (Phi) is 4.67. The fourth-order valence-corrected chi connectivity index (χ4v) is 0.551. The van der Waals surface area contributed by atoms with Crippen LogP contribution in [-0.4, -0.2) is 6.61 Å². The molecule has 0 aliphatic heterocycles. The average molecular weight is 154 g/mol. The van der Waals surface area contributed by atoms with Gasteiger partial charge < -0.3 is 4.74 Å². The Hall–Kier alpha value is -0.720. The molecule has 1 heteroatoms. The Balaban J connectivity index is 3.65. The molecule has 0 unspecified atom stereocenters. The zero-order valence-electron chi connectivity index (χ0n) is 7.98. The summed E-state index contributed by atoms with van der Waals surface area (Å²) < 4.78 is 5.19. The molecule has 0 aromatic rings. The van der Waals surface area contributed by atoms with Gasteiger partial charge >= 0.3 is 0 Å². The molecule has 11 heavy (non-hydrogen) atoms. The van der Waals surface area contributed by atoms with Gasteiger partial charge in [-0.2, -0.15) is 0 Å². The Labute approximate surface area is 69.8 Å². The van der Waals surface area contributed by atoms with Gasteiger partial charge in [-0.05, 0) is 25.8 Å². The fourth-order valence-electron chi connectivity index (χ4n) is 0.551. The Morgan fingerprint density at radius 3 is 2.36 bits per heavy atom. The molecule has 64 valence electrons. The van der Waals surface area contributed by atoms with Crippen molar-refractivity contribution in [3.63, 3.8) is 0 Å². The third-order valence-electron chi connectivity index (χ3n) is 1.65. The van der Waals surface area contributed by atoms with Gasteiger partial charge in [-0.15, -0.1) is 0 Å². The monoisotopic (exact) mass is 154 g/mol. The standard InChI is InChI=1S/C10H18O/c1-8(2)10(5)6-7-11-9(3)4/h6,8H,3,7H2,1-2,4-5H3/b10-6+. The summed E-state index contributed by atoms with van der Waals surface area (Å²) >= 11 is 0. The van der Waals surface area contributed by atoms with Crippen molar-refractivity contribution in [2.45, 2.75) is 27.7 Å². The molecule has 0 aromatic carbocycles. The van der Waals surface area contributed by atoms with Gasteiger partial charge in [0, 0.05) is 0 Å². The number of rotatable bonds is 4. The predicted octanol–water partition coefficient (Wildman–Crippen LogP) is 3.14. The topological polar surface area (TPSA) is 9.23 Å². The first-order chi connectivity index (χ1) is 5.04. The van der Waals surface area contributed by atoms with E-state index in [4.69, 9.17) is 4.74 Å². The SMILES string of the molecule is C=C(C)OC/C=C(\C)C(C)C. The Morgan fingerprint density at radius 1 is 1.45 bits per heavy atom. The van der Waals surface area contributed by atoms with E-state index in [1.54, 1.807) is 0 Å². The summed E-state index contributed by atoms with van der Waals surface area (Å²) in [5, 5.41) is 0. The van der Waals surface area contributed by atoms with E-state index in [0.717, 1.165) is 5.76 Å². The van der Waals surface area contributed by atoms with Crippen LogP contribution in [0.4, 0.5) is 0 Å². The minimum atomic E-state index is 0.615. The van der Waals surface area contributed by atoms with Crippen molar-refractivity contribution in [2.75, 3.05) is 6.61 Å². The third kappa shape index (κ3) is 5.71. The lowest BCUT2D eigenvalue weighted by atomic mass is 10.1. The maximum atomic E-state index is 5.19. The van der Waals surface area contributed by atoms with E-state index in [0.29, 0.717) is 12.5 Å². The zero-order chi connectivity index (χ0) is 8.85. The van der Waals surface area contributed by atoms with E-state index in [1.165, 1.54) is 5.57 Å². The number of allylic oxidation sites excluding steroid dienone is 2. The number of hydrogen-bond acceptors (Lipinski definition) is 1. The van der Waals surface area contributed by atoms with Crippen molar-refractivity contribution in [1.82, 2.24) is 0 Å². The molecule has 0 aliphatic carbocycles. The summed E-state index contributed by atoms with van der Waals surface area (Å²) in [6, 6.07) is 0. The highest BCUT2D eigenvalue weighted by Crippen LogP contribution is 2.07. The van der Waals surface area contributed by atoms with Gasteiger partial charge in [0.2, 0.25) is 0 Å². The van der Waals surface area contributed by atoms with Crippen LogP contribution in [0.3, 0.4) is 0 Å². The molecule has 0 bridgehead atoms. The molecule has 0 N–H and O–H groups in total. The average Bonchev–Trinajstić information content (AvgIpc) is 1.86. The van der Waals surface area contributed by atoms with Gasteiger partial charge in [0.1, 0.15) is 6.61 Å². The lowest BCUT2D eigenvalue weighted by molar-refractivity contribution is 0.250. The van der Waals surface area contributed by atoms with Crippen molar-refractivity contribution < 1.29 is 4.74 Å². The second kappa shape index (κ2) is 5.00. The van der Waals surface area contributed by atoms with Crippen LogP contribution in [0.5, 0.6) is 0 Å².